The van der Waals surface area contributed by atoms with E-state index in [9.17, 15) is 0 Å². The van der Waals surface area contributed by atoms with Gasteiger partial charge in [-0.1, -0.05) is 13.8 Å². The molecule has 0 saturated heterocycles. The van der Waals surface area contributed by atoms with Crippen LogP contribution in [0.2, 0.25) is 0 Å². The fourth-order valence-electron chi connectivity index (χ4n) is 2.81. The largest absolute Gasteiger partial charge is 0.377 e. The average molecular weight is 280 g/mol. The van der Waals surface area contributed by atoms with Gasteiger partial charge in [0.05, 0.1) is 6.10 Å². The van der Waals surface area contributed by atoms with Gasteiger partial charge in [-0.05, 0) is 38.6 Å². The maximum atomic E-state index is 6.01. The van der Waals surface area contributed by atoms with Crippen LogP contribution in [0.15, 0.2) is 6.33 Å². The second-order valence-corrected chi connectivity index (χ2v) is 5.53. The van der Waals surface area contributed by atoms with E-state index in [0.717, 1.165) is 44.3 Å². The molecule has 2 atom stereocenters. The molecule has 1 aliphatic rings. The summed E-state index contributed by atoms with van der Waals surface area (Å²) in [4.78, 5) is 4.44. The quantitative estimate of drug-likeness (QED) is 0.712. The molecule has 114 valence electrons. The van der Waals surface area contributed by atoms with Crippen molar-refractivity contribution in [3.63, 3.8) is 0 Å². The molecule has 1 heterocycles. The van der Waals surface area contributed by atoms with Gasteiger partial charge >= 0.3 is 0 Å². The van der Waals surface area contributed by atoms with Gasteiger partial charge in [0.25, 0.3) is 0 Å². The molecule has 0 spiro atoms. The van der Waals surface area contributed by atoms with Crippen LogP contribution in [-0.2, 0) is 17.7 Å². The molecule has 2 unspecified atom stereocenters. The van der Waals surface area contributed by atoms with Gasteiger partial charge in [0.1, 0.15) is 12.2 Å². The Morgan fingerprint density at radius 1 is 1.40 bits per heavy atom. The van der Waals surface area contributed by atoms with Crippen molar-refractivity contribution in [2.75, 3.05) is 13.2 Å². The average Bonchev–Trinajstić information content (AvgIpc) is 3.19. The number of aromatic nitrogens is 3. The number of rotatable bonds is 10. The van der Waals surface area contributed by atoms with Crippen LogP contribution in [0.5, 0.6) is 0 Å². The minimum Gasteiger partial charge on any atom is -0.377 e. The van der Waals surface area contributed by atoms with Crippen LogP contribution in [0.25, 0.3) is 0 Å². The van der Waals surface area contributed by atoms with Crippen molar-refractivity contribution in [2.45, 2.75) is 65.1 Å². The van der Waals surface area contributed by atoms with Crippen molar-refractivity contribution in [3.8, 4) is 0 Å². The molecule has 0 amide bonds. The molecule has 2 rings (SSSR count). The first-order valence-electron chi connectivity index (χ1n) is 8.01. The van der Waals surface area contributed by atoms with Gasteiger partial charge in [0, 0.05) is 25.6 Å². The van der Waals surface area contributed by atoms with Crippen LogP contribution < -0.4 is 5.32 Å². The van der Waals surface area contributed by atoms with Crippen molar-refractivity contribution in [3.05, 3.63) is 12.2 Å². The van der Waals surface area contributed by atoms with Crippen molar-refractivity contribution < 1.29 is 4.74 Å². The summed E-state index contributed by atoms with van der Waals surface area (Å²) in [7, 11) is 0. The summed E-state index contributed by atoms with van der Waals surface area (Å²) in [6.45, 7) is 9.09. The fraction of sp³-hybridized carbons (Fsp3) is 0.867. The molecule has 0 radical (unpaired) electrons. The molecule has 1 saturated carbocycles. The highest BCUT2D eigenvalue weighted by atomic mass is 16.5. The number of likely N-dealkylation sites (N-methyl/N-ethyl adjacent to an activating group) is 1. The summed E-state index contributed by atoms with van der Waals surface area (Å²) in [5, 5.41) is 7.91. The Hall–Kier alpha value is -0.940. The molecule has 1 fully saturated rings. The molecule has 1 aromatic heterocycles. The summed E-state index contributed by atoms with van der Waals surface area (Å²) in [5.41, 5.74) is 0. The first kappa shape index (κ1) is 15.4. The molecule has 1 aromatic rings. The Morgan fingerprint density at radius 2 is 2.20 bits per heavy atom. The van der Waals surface area contributed by atoms with Crippen LogP contribution in [0.1, 0.15) is 45.9 Å². The van der Waals surface area contributed by atoms with Gasteiger partial charge in [-0.25, -0.2) is 4.98 Å². The molecule has 1 aliphatic carbocycles. The lowest BCUT2D eigenvalue weighted by Crippen LogP contribution is -2.44. The third-order valence-corrected chi connectivity index (χ3v) is 3.84. The molecule has 0 aliphatic heterocycles. The Kier molecular flexibility index (Phi) is 5.98. The van der Waals surface area contributed by atoms with E-state index in [1.807, 2.05) is 4.68 Å². The van der Waals surface area contributed by atoms with E-state index < -0.39 is 0 Å². The van der Waals surface area contributed by atoms with E-state index in [-0.39, 0.29) is 0 Å². The van der Waals surface area contributed by atoms with Gasteiger partial charge in [-0.15, -0.1) is 0 Å². The first-order chi connectivity index (χ1) is 9.80. The zero-order valence-electron chi connectivity index (χ0n) is 13.0. The zero-order valence-corrected chi connectivity index (χ0v) is 13.0. The van der Waals surface area contributed by atoms with Crippen molar-refractivity contribution in [1.29, 1.82) is 0 Å². The smallest absolute Gasteiger partial charge is 0.138 e. The van der Waals surface area contributed by atoms with Gasteiger partial charge in [0.15, 0.2) is 0 Å². The molecule has 0 bridgehead atoms. The molecule has 5 heteroatoms. The normalized spacial score (nSPS) is 18.1. The fourth-order valence-corrected chi connectivity index (χ4v) is 2.81. The predicted molar refractivity (Wildman–Crippen MR) is 79.6 cm³/mol. The zero-order chi connectivity index (χ0) is 14.4. The standard InChI is InChI=1S/C15H28N4O/c1-4-9-19-14(17-11-18-19)10-13(16-5-2)15(20-6-3)12-7-8-12/h11-13,15-16H,4-10H2,1-3H3. The number of hydrogen-bond acceptors (Lipinski definition) is 4. The summed E-state index contributed by atoms with van der Waals surface area (Å²) in [6, 6.07) is 0.340. The Labute approximate surface area is 122 Å². The van der Waals surface area contributed by atoms with Crippen LogP contribution in [0.3, 0.4) is 0 Å². The number of nitrogens with one attached hydrogen (secondary N) is 1. The maximum Gasteiger partial charge on any atom is 0.138 e. The van der Waals surface area contributed by atoms with E-state index >= 15 is 0 Å². The van der Waals surface area contributed by atoms with Crippen LogP contribution in [0.4, 0.5) is 0 Å². The summed E-state index contributed by atoms with van der Waals surface area (Å²) in [5.74, 6) is 1.80. The summed E-state index contributed by atoms with van der Waals surface area (Å²) in [6.07, 6.45) is 6.56. The third-order valence-electron chi connectivity index (χ3n) is 3.84. The van der Waals surface area contributed by atoms with Crippen molar-refractivity contribution in [1.82, 2.24) is 20.1 Å². The molecule has 5 nitrogen and oxygen atoms in total. The van der Waals surface area contributed by atoms with Gasteiger partial charge < -0.3 is 10.1 Å². The van der Waals surface area contributed by atoms with Gasteiger partial charge in [0.2, 0.25) is 0 Å². The number of hydrogen-bond donors (Lipinski definition) is 1. The predicted octanol–water partition coefficient (Wildman–Crippen LogP) is 2.02. The minimum atomic E-state index is 0.312. The highest BCUT2D eigenvalue weighted by Crippen LogP contribution is 2.36. The van der Waals surface area contributed by atoms with Gasteiger partial charge in [-0.2, -0.15) is 5.10 Å². The Bertz CT molecular complexity index is 389. The molecular weight excluding hydrogens is 252 g/mol. The van der Waals surface area contributed by atoms with Crippen LogP contribution in [0, 0.1) is 5.92 Å². The first-order valence-corrected chi connectivity index (χ1v) is 8.01. The maximum absolute atomic E-state index is 6.01. The second-order valence-electron chi connectivity index (χ2n) is 5.53. The lowest BCUT2D eigenvalue weighted by molar-refractivity contribution is 0.0189. The van der Waals surface area contributed by atoms with E-state index in [1.54, 1.807) is 6.33 Å². The molecule has 0 aromatic carbocycles. The number of ether oxygens (including phenoxy) is 1. The van der Waals surface area contributed by atoms with Crippen LogP contribution >= 0.6 is 0 Å². The number of aryl methyl sites for hydroxylation is 1. The Balaban J connectivity index is 2.05. The molecular formula is C15H28N4O. The monoisotopic (exact) mass is 280 g/mol. The summed E-state index contributed by atoms with van der Waals surface area (Å²) >= 11 is 0. The third kappa shape index (κ3) is 4.03. The Morgan fingerprint density at radius 3 is 2.80 bits per heavy atom. The van der Waals surface area contributed by atoms with Crippen molar-refractivity contribution >= 4 is 0 Å². The number of nitrogens with zero attached hydrogens (tertiary/aromatic N) is 3. The highest BCUT2D eigenvalue weighted by Gasteiger charge is 2.37. The van der Waals surface area contributed by atoms with Crippen molar-refractivity contribution in [2.24, 2.45) is 5.92 Å². The minimum absolute atomic E-state index is 0.312. The molecule has 1 N–H and O–H groups in total. The highest BCUT2D eigenvalue weighted by molar-refractivity contribution is 4.97. The van der Waals surface area contributed by atoms with E-state index in [0.29, 0.717) is 12.1 Å². The van der Waals surface area contributed by atoms with Crippen LogP contribution in [-0.4, -0.2) is 40.1 Å². The topological polar surface area (TPSA) is 52.0 Å². The van der Waals surface area contributed by atoms with E-state index in [2.05, 4.69) is 36.2 Å². The molecule has 20 heavy (non-hydrogen) atoms. The summed E-state index contributed by atoms with van der Waals surface area (Å²) < 4.78 is 8.04. The SMILES string of the molecule is CCCn1ncnc1CC(NCC)C(OCC)C1CC1. The van der Waals surface area contributed by atoms with E-state index in [4.69, 9.17) is 4.74 Å². The van der Waals surface area contributed by atoms with Gasteiger partial charge in [-0.3, -0.25) is 4.68 Å². The van der Waals surface area contributed by atoms with E-state index in [1.165, 1.54) is 12.8 Å². The second kappa shape index (κ2) is 7.74. The lowest BCUT2D eigenvalue weighted by Gasteiger charge is -2.27. The lowest BCUT2D eigenvalue weighted by atomic mass is 10.0.